The predicted molar refractivity (Wildman–Crippen MR) is 133 cm³/mol. The molecule has 1 aromatic carbocycles. The smallest absolute Gasteiger partial charge is 0.332 e. The normalized spacial score (nSPS) is 20.2. The van der Waals surface area contributed by atoms with Gasteiger partial charge in [0.15, 0.2) is 0 Å². The molecule has 0 saturated carbocycles. The van der Waals surface area contributed by atoms with Crippen molar-refractivity contribution in [1.29, 1.82) is 0 Å². The van der Waals surface area contributed by atoms with Crippen LogP contribution in [0.1, 0.15) is 51.2 Å². The minimum absolute atomic E-state index is 0.331. The average Bonchev–Trinajstić information content (AvgIpc) is 3.17. The van der Waals surface area contributed by atoms with Gasteiger partial charge in [-0.15, -0.1) is 0 Å². The molecule has 0 unspecified atom stereocenters. The number of hydrogen-bond donors (Lipinski definition) is 5. The largest absolute Gasteiger partial charge is 0.350 e. The van der Waals surface area contributed by atoms with Crippen molar-refractivity contribution in [2.75, 3.05) is 4.90 Å². The van der Waals surface area contributed by atoms with Crippen molar-refractivity contribution in [3.8, 4) is 0 Å². The van der Waals surface area contributed by atoms with Gasteiger partial charge in [0.25, 0.3) is 0 Å². The van der Waals surface area contributed by atoms with E-state index in [0.29, 0.717) is 37.8 Å². The van der Waals surface area contributed by atoms with E-state index in [1.54, 1.807) is 6.92 Å². The lowest BCUT2D eigenvalue weighted by atomic mass is 10.0. The number of hydrogen-bond acceptors (Lipinski definition) is 6. The summed E-state index contributed by atoms with van der Waals surface area (Å²) in [4.78, 5) is 63.7. The highest BCUT2D eigenvalue weighted by Gasteiger charge is 2.44. The molecule has 194 valence electrons. The van der Waals surface area contributed by atoms with Gasteiger partial charge in [0.1, 0.15) is 18.1 Å². The van der Waals surface area contributed by atoms with Crippen molar-refractivity contribution in [1.82, 2.24) is 21.4 Å². The van der Waals surface area contributed by atoms with Gasteiger partial charge >= 0.3 is 6.03 Å². The monoisotopic (exact) mass is 499 g/mol. The van der Waals surface area contributed by atoms with Gasteiger partial charge in [0.05, 0.1) is 11.7 Å². The number of hydrazone groups is 1. The first kappa shape index (κ1) is 26.6. The molecule has 0 radical (unpaired) electrons. The van der Waals surface area contributed by atoms with E-state index in [0.717, 1.165) is 11.1 Å². The third-order valence-corrected chi connectivity index (χ3v) is 6.32. The Kier molecular flexibility index (Phi) is 8.62. The molecule has 12 nitrogen and oxygen atoms in total. The first-order valence-corrected chi connectivity index (χ1v) is 12.1. The highest BCUT2D eigenvalue weighted by atomic mass is 16.2. The van der Waals surface area contributed by atoms with Crippen LogP contribution in [0.15, 0.2) is 23.3 Å². The number of primary amides is 1. The van der Waals surface area contributed by atoms with E-state index < -0.39 is 36.1 Å². The first-order chi connectivity index (χ1) is 17.2. The Hall–Kier alpha value is -3.96. The lowest BCUT2D eigenvalue weighted by Gasteiger charge is -2.29. The molecule has 4 atom stereocenters. The van der Waals surface area contributed by atoms with Gasteiger partial charge in [0, 0.05) is 19.6 Å². The third kappa shape index (κ3) is 5.99. The van der Waals surface area contributed by atoms with Crippen LogP contribution in [0.25, 0.3) is 0 Å². The number of urea groups is 1. The standard InChI is InChI=1S/C24H33N7O5/c1-4-16(12-26-30-24(25)36)28-22(34)19-11-15-8-6-7-14-9-10-18(23(35)31(19)20(14)15)29-21(33)17(5-2)27-13(3)32/h6-8,12,16-19H,4-5,9-11H2,1-3H3,(H,27,32)(H,28,34)(H,29,33)(H3,25,30,36)/b26-12+/t16-,17-,18-,19-/m0/s1. The molecule has 0 aliphatic carbocycles. The molecule has 2 aliphatic rings. The van der Waals surface area contributed by atoms with E-state index in [1.165, 1.54) is 18.0 Å². The molecule has 0 fully saturated rings. The number of nitrogens with zero attached hydrogens (tertiary/aromatic N) is 2. The van der Waals surface area contributed by atoms with Gasteiger partial charge in [-0.25, -0.2) is 10.2 Å². The first-order valence-electron chi connectivity index (χ1n) is 12.1. The molecule has 0 spiro atoms. The Morgan fingerprint density at radius 2 is 1.89 bits per heavy atom. The summed E-state index contributed by atoms with van der Waals surface area (Å²) in [5, 5.41) is 12.0. The summed E-state index contributed by atoms with van der Waals surface area (Å²) >= 11 is 0. The molecule has 0 aromatic heterocycles. The third-order valence-electron chi connectivity index (χ3n) is 6.32. The topological polar surface area (TPSA) is 175 Å². The maximum Gasteiger partial charge on any atom is 0.332 e. The molecule has 12 heteroatoms. The molecule has 0 saturated heterocycles. The summed E-state index contributed by atoms with van der Waals surface area (Å²) in [5.41, 5.74) is 9.63. The van der Waals surface area contributed by atoms with Crippen LogP contribution in [0.2, 0.25) is 0 Å². The zero-order valence-electron chi connectivity index (χ0n) is 20.7. The Morgan fingerprint density at radius 1 is 1.17 bits per heavy atom. The van der Waals surface area contributed by atoms with Crippen molar-refractivity contribution in [3.63, 3.8) is 0 Å². The number of nitrogens with two attached hydrogens (primary N) is 1. The van der Waals surface area contributed by atoms with Crippen molar-refractivity contribution in [2.24, 2.45) is 10.8 Å². The zero-order valence-corrected chi connectivity index (χ0v) is 20.7. The molecule has 1 aromatic rings. The molecular weight excluding hydrogens is 466 g/mol. The van der Waals surface area contributed by atoms with Crippen molar-refractivity contribution in [3.05, 3.63) is 29.3 Å². The number of anilines is 1. The Labute approximate surface area is 209 Å². The van der Waals surface area contributed by atoms with E-state index in [-0.39, 0.29) is 17.7 Å². The minimum Gasteiger partial charge on any atom is -0.350 e. The van der Waals surface area contributed by atoms with Crippen molar-refractivity contribution >= 4 is 41.6 Å². The predicted octanol–water partition coefficient (Wildman–Crippen LogP) is -0.161. The SMILES string of the molecule is CC[C@@H](/C=N/NC(N)=O)NC(=O)[C@@H]1Cc2cccc3c2N1C(=O)[C@@H](NC(=O)[C@H](CC)NC(C)=O)CC3. The summed E-state index contributed by atoms with van der Waals surface area (Å²) < 4.78 is 0. The molecule has 0 bridgehead atoms. The number of aryl methyl sites for hydroxylation is 1. The van der Waals surface area contributed by atoms with E-state index in [9.17, 15) is 24.0 Å². The lowest BCUT2D eigenvalue weighted by Crippen LogP contribution is -2.57. The highest BCUT2D eigenvalue weighted by molar-refractivity contribution is 6.08. The highest BCUT2D eigenvalue weighted by Crippen LogP contribution is 2.39. The number of rotatable bonds is 9. The number of carbonyl (C=O) groups excluding carboxylic acids is 5. The van der Waals surface area contributed by atoms with Gasteiger partial charge in [-0.3, -0.25) is 24.1 Å². The summed E-state index contributed by atoms with van der Waals surface area (Å²) in [7, 11) is 0. The zero-order chi connectivity index (χ0) is 26.4. The van der Waals surface area contributed by atoms with Crippen LogP contribution in [-0.4, -0.2) is 60.0 Å². The van der Waals surface area contributed by atoms with Crippen LogP contribution < -0.4 is 32.0 Å². The maximum absolute atomic E-state index is 13.7. The number of carbonyl (C=O) groups is 5. The number of nitrogens with one attached hydrogen (secondary N) is 4. The molecule has 36 heavy (non-hydrogen) atoms. The molecule has 6 N–H and O–H groups in total. The summed E-state index contributed by atoms with van der Waals surface area (Å²) in [6.07, 6.45) is 3.48. The van der Waals surface area contributed by atoms with Gasteiger partial charge in [-0.1, -0.05) is 32.0 Å². The molecule has 2 aliphatic heterocycles. The number of para-hydroxylation sites is 1. The Morgan fingerprint density at radius 3 is 2.53 bits per heavy atom. The van der Waals surface area contributed by atoms with E-state index in [1.807, 2.05) is 25.1 Å². The second-order valence-corrected chi connectivity index (χ2v) is 8.89. The van der Waals surface area contributed by atoms with Crippen LogP contribution in [0, 0.1) is 0 Å². The van der Waals surface area contributed by atoms with Crippen molar-refractivity contribution < 1.29 is 24.0 Å². The fourth-order valence-corrected chi connectivity index (χ4v) is 4.56. The maximum atomic E-state index is 13.7. The second-order valence-electron chi connectivity index (χ2n) is 8.89. The molecule has 6 amide bonds. The van der Waals surface area contributed by atoms with Gasteiger partial charge in [-0.2, -0.15) is 5.10 Å². The van der Waals surface area contributed by atoms with Gasteiger partial charge in [-0.05, 0) is 36.8 Å². The quantitative estimate of drug-likeness (QED) is 0.234. The van der Waals surface area contributed by atoms with Gasteiger partial charge < -0.3 is 21.7 Å². The second kappa shape index (κ2) is 11.6. The van der Waals surface area contributed by atoms with Gasteiger partial charge in [0.2, 0.25) is 23.6 Å². The van der Waals surface area contributed by atoms with Crippen LogP contribution >= 0.6 is 0 Å². The molecule has 3 rings (SSSR count). The summed E-state index contributed by atoms with van der Waals surface area (Å²) in [6, 6.07) is 1.99. The number of benzene rings is 1. The lowest BCUT2D eigenvalue weighted by molar-refractivity contribution is -0.131. The van der Waals surface area contributed by atoms with E-state index in [2.05, 4.69) is 26.5 Å². The Bertz CT molecular complexity index is 1070. The molecular formula is C24H33N7O5. The minimum atomic E-state index is -0.850. The van der Waals surface area contributed by atoms with Crippen molar-refractivity contribution in [2.45, 2.75) is 77.0 Å². The number of amides is 6. The fourth-order valence-electron chi connectivity index (χ4n) is 4.56. The van der Waals surface area contributed by atoms with Crippen LogP contribution in [0.3, 0.4) is 0 Å². The van der Waals surface area contributed by atoms with Crippen LogP contribution in [-0.2, 0) is 32.0 Å². The fraction of sp³-hybridized carbons (Fsp3) is 0.500. The van der Waals surface area contributed by atoms with Crippen LogP contribution in [0.5, 0.6) is 0 Å². The van der Waals surface area contributed by atoms with Crippen LogP contribution in [0.4, 0.5) is 10.5 Å². The van der Waals surface area contributed by atoms with E-state index in [4.69, 9.17) is 5.73 Å². The van der Waals surface area contributed by atoms with E-state index >= 15 is 0 Å². The average molecular weight is 500 g/mol. The Balaban J connectivity index is 1.83. The summed E-state index contributed by atoms with van der Waals surface area (Å²) in [5.74, 6) is -1.53. The summed E-state index contributed by atoms with van der Waals surface area (Å²) in [6.45, 7) is 4.94. The molecule has 2 heterocycles.